The first kappa shape index (κ1) is 39.8. The number of carbonyl (C=O) groups excluding carboxylic acids is 2. The zero-order chi connectivity index (χ0) is 37.7. The predicted octanol–water partition coefficient (Wildman–Crippen LogP) is 7.00. The highest BCUT2D eigenvalue weighted by molar-refractivity contribution is 5.76. The fourth-order valence-electron chi connectivity index (χ4n) is 6.86. The zero-order valence-corrected chi connectivity index (χ0v) is 31.4. The van der Waals surface area contributed by atoms with E-state index in [0.717, 1.165) is 58.2 Å². The lowest BCUT2D eigenvalue weighted by atomic mass is 9.89. The van der Waals surface area contributed by atoms with Gasteiger partial charge in [-0.1, -0.05) is 116 Å². The number of ether oxygens (including phenoxy) is 2. The largest absolute Gasteiger partial charge is 0.392 e. The summed E-state index contributed by atoms with van der Waals surface area (Å²) in [6.45, 7) is 7.32. The second kappa shape index (κ2) is 19.6. The summed E-state index contributed by atoms with van der Waals surface area (Å²) in [6, 6.07) is 33.8. The number of nitrogens with one attached hydrogen (secondary N) is 2. The summed E-state index contributed by atoms with van der Waals surface area (Å²) in [5.74, 6) is -0.0177. The van der Waals surface area contributed by atoms with Crippen LogP contribution in [0, 0.1) is 5.92 Å². The first-order valence-electron chi connectivity index (χ1n) is 18.8. The van der Waals surface area contributed by atoms with Crippen LogP contribution in [-0.2, 0) is 32.2 Å². The molecule has 53 heavy (non-hydrogen) atoms. The fourth-order valence-corrected chi connectivity index (χ4v) is 6.86. The van der Waals surface area contributed by atoms with Gasteiger partial charge < -0.3 is 30.3 Å². The van der Waals surface area contributed by atoms with Crippen LogP contribution in [0.15, 0.2) is 103 Å². The number of unbranched alkanes of at least 4 members (excludes halogenated alkanes) is 2. The Bertz CT molecular complexity index is 1730. The number of hydrogen-bond acceptors (Lipinski definition) is 7. The Morgan fingerprint density at radius 3 is 2.21 bits per heavy atom. The average molecular weight is 722 g/mol. The molecule has 4 aromatic carbocycles. The first-order valence-corrected chi connectivity index (χ1v) is 18.8. The Morgan fingerprint density at radius 1 is 0.830 bits per heavy atom. The molecule has 0 aromatic heterocycles. The number of carbonyl (C=O) groups is 2. The van der Waals surface area contributed by atoms with Gasteiger partial charge in [0.1, 0.15) is 0 Å². The third kappa shape index (κ3) is 11.1. The number of rotatable bonds is 17. The Morgan fingerprint density at radius 2 is 1.51 bits per heavy atom. The van der Waals surface area contributed by atoms with E-state index in [9.17, 15) is 19.8 Å². The van der Waals surface area contributed by atoms with Crippen LogP contribution in [0.25, 0.3) is 11.1 Å². The topological polar surface area (TPSA) is 120 Å². The highest BCUT2D eigenvalue weighted by atomic mass is 16.7. The highest BCUT2D eigenvalue weighted by Gasteiger charge is 2.39. The number of benzene rings is 4. The summed E-state index contributed by atoms with van der Waals surface area (Å²) in [7, 11) is 2.02. The molecule has 2 amide bonds. The van der Waals surface area contributed by atoms with Gasteiger partial charge in [0, 0.05) is 50.5 Å². The number of hydrogen-bond donors (Lipinski definition) is 4. The number of likely N-dealkylation sites (N-methyl/N-ethyl adjacent to an activating group) is 1. The van der Waals surface area contributed by atoms with E-state index in [1.807, 2.05) is 98.9 Å². The van der Waals surface area contributed by atoms with Crippen molar-refractivity contribution in [3.63, 3.8) is 0 Å². The second-order valence-corrected chi connectivity index (χ2v) is 14.2. The number of aliphatic hydroxyl groups excluding tert-OH is 2. The molecule has 4 N–H and O–H groups in total. The van der Waals surface area contributed by atoms with Crippen LogP contribution in [-0.4, -0.2) is 59.2 Å². The molecule has 1 aliphatic heterocycles. The lowest BCUT2D eigenvalue weighted by molar-refractivity contribution is -0.276. The van der Waals surface area contributed by atoms with Crippen molar-refractivity contribution < 1.29 is 29.3 Å². The van der Waals surface area contributed by atoms with Gasteiger partial charge in [-0.3, -0.25) is 14.5 Å². The van der Waals surface area contributed by atoms with Crippen LogP contribution in [0.5, 0.6) is 0 Å². The van der Waals surface area contributed by atoms with E-state index >= 15 is 0 Å². The van der Waals surface area contributed by atoms with E-state index in [0.29, 0.717) is 26.1 Å². The maximum atomic E-state index is 12.6. The Hall–Kier alpha value is -4.38. The monoisotopic (exact) mass is 721 g/mol. The van der Waals surface area contributed by atoms with Crippen molar-refractivity contribution in [3.8, 4) is 11.1 Å². The van der Waals surface area contributed by atoms with E-state index in [2.05, 4.69) is 40.7 Å². The second-order valence-electron chi connectivity index (χ2n) is 14.2. The minimum atomic E-state index is -0.648. The van der Waals surface area contributed by atoms with Gasteiger partial charge >= 0.3 is 0 Å². The van der Waals surface area contributed by atoms with Gasteiger partial charge in [0.15, 0.2) is 6.29 Å². The minimum absolute atomic E-state index is 0.000144. The predicted molar refractivity (Wildman–Crippen MR) is 207 cm³/mol. The summed E-state index contributed by atoms with van der Waals surface area (Å²) in [5, 5.41) is 26.7. The molecule has 6 atom stereocenters. The lowest BCUT2D eigenvalue weighted by Crippen LogP contribution is -2.46. The molecule has 0 spiro atoms. The molecule has 0 aliphatic carbocycles. The van der Waals surface area contributed by atoms with Crippen molar-refractivity contribution in [2.75, 3.05) is 20.1 Å². The van der Waals surface area contributed by atoms with Crippen LogP contribution >= 0.6 is 0 Å². The molecule has 1 fully saturated rings. The van der Waals surface area contributed by atoms with Gasteiger partial charge in [0.25, 0.3) is 0 Å². The first-order chi connectivity index (χ1) is 25.6. The fraction of sp³-hybridized carbons (Fsp3) is 0.409. The maximum Gasteiger partial charge on any atom is 0.220 e. The van der Waals surface area contributed by atoms with E-state index < -0.39 is 12.4 Å². The average Bonchev–Trinajstić information content (AvgIpc) is 3.19. The lowest BCUT2D eigenvalue weighted by Gasteiger charge is -2.43. The van der Waals surface area contributed by atoms with Crippen LogP contribution in [0.2, 0.25) is 0 Å². The van der Waals surface area contributed by atoms with Gasteiger partial charge in [0.2, 0.25) is 11.8 Å². The van der Waals surface area contributed by atoms with E-state index in [4.69, 9.17) is 9.47 Å². The molecule has 4 aromatic rings. The molecule has 0 radical (unpaired) electrons. The number of amides is 2. The third-order valence-corrected chi connectivity index (χ3v) is 10.3. The summed E-state index contributed by atoms with van der Waals surface area (Å²) < 4.78 is 13.4. The third-order valence-electron chi connectivity index (χ3n) is 10.3. The molecular formula is C44H55N3O6. The van der Waals surface area contributed by atoms with Crippen molar-refractivity contribution >= 4 is 11.8 Å². The molecule has 1 saturated heterocycles. The summed E-state index contributed by atoms with van der Waals surface area (Å²) in [5.41, 5.74) is 6.73. The molecule has 0 saturated carbocycles. The van der Waals surface area contributed by atoms with Crippen LogP contribution in [0.1, 0.15) is 92.8 Å². The molecule has 5 rings (SSSR count). The minimum Gasteiger partial charge on any atom is -0.392 e. The summed E-state index contributed by atoms with van der Waals surface area (Å²) in [6.07, 6.45) is 1.24. The quantitative estimate of drug-likeness (QED) is 0.0867. The molecular weight excluding hydrogens is 666 g/mol. The van der Waals surface area contributed by atoms with Crippen molar-refractivity contribution in [1.29, 1.82) is 0 Å². The Balaban J connectivity index is 1.28. The van der Waals surface area contributed by atoms with Crippen LogP contribution < -0.4 is 10.6 Å². The Labute approximate surface area is 314 Å². The van der Waals surface area contributed by atoms with Gasteiger partial charge in [-0.05, 0) is 60.2 Å². The number of nitrogens with zero attached hydrogens (tertiary/aromatic N) is 1. The normalized spacial score (nSPS) is 19.8. The van der Waals surface area contributed by atoms with Crippen molar-refractivity contribution in [2.24, 2.45) is 5.92 Å². The van der Waals surface area contributed by atoms with Gasteiger partial charge in [-0.2, -0.15) is 0 Å². The molecule has 1 heterocycles. The summed E-state index contributed by atoms with van der Waals surface area (Å²) in [4.78, 5) is 25.8. The smallest absolute Gasteiger partial charge is 0.220 e. The standard InChI is InChI=1S/C44H55N3O6/c1-30-40(28-47(4)31(2)42(51)35-13-7-5-8-14-35)52-44(53-43(30)36-20-18-33(29-48)19-21-36)37-24-22-34(23-25-37)39-16-11-10-15-38(39)27-46-41(50)17-9-6-12-26-45-32(3)49/h5,7-8,10-11,13-16,18-25,30-31,40,42-44,48,51H,6,9,12,17,26-29H2,1-4H3,(H,45,49)(H,46,50). The highest BCUT2D eigenvalue weighted by Crippen LogP contribution is 2.42. The van der Waals surface area contributed by atoms with E-state index in [1.165, 1.54) is 6.92 Å². The molecule has 9 heteroatoms. The van der Waals surface area contributed by atoms with Crippen molar-refractivity contribution in [1.82, 2.24) is 15.5 Å². The molecule has 9 nitrogen and oxygen atoms in total. The van der Waals surface area contributed by atoms with Gasteiger partial charge in [-0.15, -0.1) is 0 Å². The van der Waals surface area contributed by atoms with E-state index in [-0.39, 0.29) is 42.6 Å². The van der Waals surface area contributed by atoms with Crippen LogP contribution in [0.3, 0.4) is 0 Å². The Kier molecular flexibility index (Phi) is 14.7. The van der Waals surface area contributed by atoms with Gasteiger partial charge in [0.05, 0.1) is 24.9 Å². The SMILES string of the molecule is CC(=O)NCCCCCC(=O)NCc1ccccc1-c1ccc(C2OC(CN(C)C(C)C(O)c3ccccc3)C(C)C(c3ccc(CO)cc3)O2)cc1. The zero-order valence-electron chi connectivity index (χ0n) is 31.4. The molecule has 6 unspecified atom stereocenters. The molecule has 1 aliphatic rings. The van der Waals surface area contributed by atoms with Crippen molar-refractivity contribution in [3.05, 3.63) is 131 Å². The molecule has 282 valence electrons. The van der Waals surface area contributed by atoms with Crippen molar-refractivity contribution in [2.45, 2.75) is 90.2 Å². The van der Waals surface area contributed by atoms with Crippen LogP contribution in [0.4, 0.5) is 0 Å². The number of aliphatic hydroxyl groups is 2. The van der Waals surface area contributed by atoms with Gasteiger partial charge in [-0.25, -0.2) is 0 Å². The molecule has 0 bridgehead atoms. The van der Waals surface area contributed by atoms with E-state index in [1.54, 1.807) is 0 Å². The summed E-state index contributed by atoms with van der Waals surface area (Å²) >= 11 is 0. The maximum absolute atomic E-state index is 12.6.